The predicted molar refractivity (Wildman–Crippen MR) is 78.3 cm³/mol. The van der Waals surface area contributed by atoms with Crippen molar-refractivity contribution in [3.63, 3.8) is 0 Å². The normalized spacial score (nSPS) is 12.1. The Morgan fingerprint density at radius 2 is 2.10 bits per heavy atom. The predicted octanol–water partition coefficient (Wildman–Crippen LogP) is 2.33. The molecule has 0 saturated carbocycles. The van der Waals surface area contributed by atoms with Crippen molar-refractivity contribution in [3.05, 3.63) is 46.2 Å². The molecule has 0 heterocycles. The van der Waals surface area contributed by atoms with Crippen molar-refractivity contribution in [2.24, 2.45) is 0 Å². The van der Waals surface area contributed by atoms with Crippen molar-refractivity contribution >= 4 is 17.3 Å². The monoisotopic (exact) mass is 288 g/mol. The zero-order chi connectivity index (χ0) is 15.8. The van der Waals surface area contributed by atoms with Gasteiger partial charge in [0.15, 0.2) is 0 Å². The summed E-state index contributed by atoms with van der Waals surface area (Å²) in [5.41, 5.74) is 0.256. The SMILES string of the molecule is CCC(C)N/C=C(/C#N)C(=O)Nc1ccc([N+](=O)[O-])cc1. The van der Waals surface area contributed by atoms with Crippen LogP contribution in [-0.4, -0.2) is 16.9 Å². The Labute approximate surface area is 122 Å². The van der Waals surface area contributed by atoms with E-state index >= 15 is 0 Å². The third-order valence-electron chi connectivity index (χ3n) is 2.83. The summed E-state index contributed by atoms with van der Waals surface area (Å²) in [7, 11) is 0. The molecule has 0 bridgehead atoms. The first-order chi connectivity index (χ1) is 9.97. The molecule has 0 aliphatic heterocycles. The van der Waals surface area contributed by atoms with E-state index < -0.39 is 10.8 Å². The fraction of sp³-hybridized carbons (Fsp3) is 0.286. The molecule has 21 heavy (non-hydrogen) atoms. The third-order valence-corrected chi connectivity index (χ3v) is 2.83. The average Bonchev–Trinajstić information content (AvgIpc) is 2.48. The fourth-order valence-electron chi connectivity index (χ4n) is 1.36. The van der Waals surface area contributed by atoms with Crippen LogP contribution in [0.2, 0.25) is 0 Å². The van der Waals surface area contributed by atoms with Gasteiger partial charge in [0, 0.05) is 30.1 Å². The number of nitrogens with zero attached hydrogens (tertiary/aromatic N) is 2. The quantitative estimate of drug-likeness (QED) is 0.361. The van der Waals surface area contributed by atoms with Gasteiger partial charge in [-0.25, -0.2) is 0 Å². The molecule has 0 fully saturated rings. The van der Waals surface area contributed by atoms with E-state index in [1.165, 1.54) is 30.5 Å². The second-order valence-corrected chi connectivity index (χ2v) is 4.40. The molecular weight excluding hydrogens is 272 g/mol. The highest BCUT2D eigenvalue weighted by atomic mass is 16.6. The van der Waals surface area contributed by atoms with E-state index in [9.17, 15) is 14.9 Å². The lowest BCUT2D eigenvalue weighted by Crippen LogP contribution is -2.22. The van der Waals surface area contributed by atoms with Gasteiger partial charge < -0.3 is 10.6 Å². The van der Waals surface area contributed by atoms with E-state index in [1.807, 2.05) is 19.9 Å². The average molecular weight is 288 g/mol. The molecule has 0 aliphatic rings. The molecule has 0 radical (unpaired) electrons. The topological polar surface area (TPSA) is 108 Å². The minimum atomic E-state index is -0.567. The Balaban J connectivity index is 2.74. The molecule has 1 rings (SSSR count). The number of nitro groups is 1. The van der Waals surface area contributed by atoms with Crippen LogP contribution in [-0.2, 0) is 4.79 Å². The van der Waals surface area contributed by atoms with Crippen LogP contribution in [0.4, 0.5) is 11.4 Å². The van der Waals surface area contributed by atoms with E-state index in [4.69, 9.17) is 5.26 Å². The van der Waals surface area contributed by atoms with Crippen molar-refractivity contribution in [1.82, 2.24) is 5.32 Å². The van der Waals surface area contributed by atoms with Crippen LogP contribution in [0.1, 0.15) is 20.3 Å². The molecule has 1 aromatic rings. The lowest BCUT2D eigenvalue weighted by atomic mass is 10.2. The van der Waals surface area contributed by atoms with E-state index in [2.05, 4.69) is 10.6 Å². The van der Waals surface area contributed by atoms with E-state index in [-0.39, 0.29) is 17.3 Å². The summed E-state index contributed by atoms with van der Waals surface area (Å²) >= 11 is 0. The Hall–Kier alpha value is -2.88. The van der Waals surface area contributed by atoms with Gasteiger partial charge in [-0.15, -0.1) is 0 Å². The van der Waals surface area contributed by atoms with Crippen LogP contribution in [0.15, 0.2) is 36.0 Å². The molecule has 0 aromatic heterocycles. The molecule has 2 N–H and O–H groups in total. The van der Waals surface area contributed by atoms with Crippen molar-refractivity contribution in [2.75, 3.05) is 5.32 Å². The molecule has 110 valence electrons. The van der Waals surface area contributed by atoms with Gasteiger partial charge in [-0.1, -0.05) is 6.92 Å². The summed E-state index contributed by atoms with van der Waals surface area (Å²) in [6.45, 7) is 3.91. The summed E-state index contributed by atoms with van der Waals surface area (Å²) in [5.74, 6) is -0.567. The van der Waals surface area contributed by atoms with E-state index in [0.29, 0.717) is 5.69 Å². The summed E-state index contributed by atoms with van der Waals surface area (Å²) in [6.07, 6.45) is 2.23. The van der Waals surface area contributed by atoms with Gasteiger partial charge in [0.05, 0.1) is 4.92 Å². The maximum absolute atomic E-state index is 11.9. The van der Waals surface area contributed by atoms with Gasteiger partial charge in [0.2, 0.25) is 0 Å². The number of nitrogens with one attached hydrogen (secondary N) is 2. The minimum Gasteiger partial charge on any atom is -0.387 e. The van der Waals surface area contributed by atoms with Crippen LogP contribution < -0.4 is 10.6 Å². The number of anilines is 1. The molecule has 0 spiro atoms. The standard InChI is InChI=1S/C14H16N4O3/c1-3-10(2)16-9-11(8-15)14(19)17-12-4-6-13(7-5-12)18(20)21/h4-7,9-10,16H,3H2,1-2H3,(H,17,19)/b11-9-. The Bertz CT molecular complexity index is 587. The Morgan fingerprint density at radius 1 is 1.48 bits per heavy atom. The maximum Gasteiger partial charge on any atom is 0.269 e. The largest absolute Gasteiger partial charge is 0.387 e. The molecule has 1 atom stereocenters. The first-order valence-corrected chi connectivity index (χ1v) is 6.40. The highest BCUT2D eigenvalue weighted by Crippen LogP contribution is 2.15. The van der Waals surface area contributed by atoms with Crippen LogP contribution in [0.25, 0.3) is 0 Å². The maximum atomic E-state index is 11.9. The number of benzene rings is 1. The van der Waals surface area contributed by atoms with Gasteiger partial charge in [-0.3, -0.25) is 14.9 Å². The fourth-order valence-corrected chi connectivity index (χ4v) is 1.36. The summed E-state index contributed by atoms with van der Waals surface area (Å²) < 4.78 is 0. The lowest BCUT2D eigenvalue weighted by molar-refractivity contribution is -0.384. The molecule has 7 nitrogen and oxygen atoms in total. The van der Waals surface area contributed by atoms with Crippen LogP contribution in [0.5, 0.6) is 0 Å². The van der Waals surface area contributed by atoms with Crippen LogP contribution in [0, 0.1) is 21.4 Å². The zero-order valence-corrected chi connectivity index (χ0v) is 11.8. The van der Waals surface area contributed by atoms with Gasteiger partial charge in [-0.05, 0) is 25.5 Å². The lowest BCUT2D eigenvalue weighted by Gasteiger charge is -2.09. The molecule has 1 aromatic carbocycles. The summed E-state index contributed by atoms with van der Waals surface area (Å²) in [4.78, 5) is 21.9. The van der Waals surface area contributed by atoms with Crippen LogP contribution >= 0.6 is 0 Å². The van der Waals surface area contributed by atoms with E-state index in [1.54, 1.807) is 0 Å². The molecule has 0 aliphatic carbocycles. The second kappa shape index (κ2) is 7.65. The first kappa shape index (κ1) is 16.2. The second-order valence-electron chi connectivity index (χ2n) is 4.40. The highest BCUT2D eigenvalue weighted by Gasteiger charge is 2.11. The number of carbonyl (C=O) groups is 1. The minimum absolute atomic E-state index is 0.0614. The van der Waals surface area contributed by atoms with Gasteiger partial charge in [0.25, 0.3) is 11.6 Å². The smallest absolute Gasteiger partial charge is 0.269 e. The van der Waals surface area contributed by atoms with Crippen molar-refractivity contribution in [1.29, 1.82) is 5.26 Å². The van der Waals surface area contributed by atoms with Crippen molar-refractivity contribution < 1.29 is 9.72 Å². The highest BCUT2D eigenvalue weighted by molar-refractivity contribution is 6.06. The van der Waals surface area contributed by atoms with Crippen molar-refractivity contribution in [2.45, 2.75) is 26.3 Å². The van der Waals surface area contributed by atoms with Gasteiger partial charge in [0.1, 0.15) is 11.6 Å². The zero-order valence-electron chi connectivity index (χ0n) is 11.8. The van der Waals surface area contributed by atoms with E-state index in [0.717, 1.165) is 6.42 Å². The number of non-ortho nitro benzene ring substituents is 1. The Morgan fingerprint density at radius 3 is 2.57 bits per heavy atom. The number of hydrogen-bond donors (Lipinski definition) is 2. The number of nitro benzene ring substituents is 1. The number of amides is 1. The number of hydrogen-bond acceptors (Lipinski definition) is 5. The molecule has 1 amide bonds. The Kier molecular flexibility index (Phi) is 5.89. The third kappa shape index (κ3) is 4.95. The first-order valence-electron chi connectivity index (χ1n) is 6.40. The number of nitriles is 1. The van der Waals surface area contributed by atoms with Crippen LogP contribution in [0.3, 0.4) is 0 Å². The summed E-state index contributed by atoms with van der Waals surface area (Å²) in [5, 5.41) is 24.9. The van der Waals surface area contributed by atoms with Crippen molar-refractivity contribution in [3.8, 4) is 6.07 Å². The number of rotatable bonds is 6. The molecular formula is C14H16N4O3. The van der Waals surface area contributed by atoms with Gasteiger partial charge in [-0.2, -0.15) is 5.26 Å². The number of carbonyl (C=O) groups excluding carboxylic acids is 1. The van der Waals surface area contributed by atoms with Gasteiger partial charge >= 0.3 is 0 Å². The summed E-state index contributed by atoms with van der Waals surface area (Å²) in [6, 6.07) is 7.34. The molecule has 7 heteroatoms. The molecule has 0 saturated heterocycles. The molecule has 1 unspecified atom stereocenters.